The van der Waals surface area contributed by atoms with Crippen molar-refractivity contribution >= 4 is 27.5 Å². The predicted octanol–water partition coefficient (Wildman–Crippen LogP) is 9.62. The molecule has 0 amide bonds. The van der Waals surface area contributed by atoms with Crippen LogP contribution in [0.1, 0.15) is 46.9 Å². The third kappa shape index (κ3) is 3.53. The maximum Gasteiger partial charge on any atom is 0.0541 e. The molecule has 3 aliphatic carbocycles. The first kappa shape index (κ1) is 22.6. The quantitative estimate of drug-likeness (QED) is 0.232. The van der Waals surface area contributed by atoms with Crippen molar-refractivity contribution in [3.8, 4) is 0 Å². The molecule has 5 aromatic rings. The summed E-state index contributed by atoms with van der Waals surface area (Å²) >= 11 is 0. The molecule has 188 valence electrons. The molecule has 0 saturated carbocycles. The molecule has 0 saturated heterocycles. The molecule has 0 aliphatic heterocycles. The lowest BCUT2D eigenvalue weighted by Gasteiger charge is -2.44. The van der Waals surface area contributed by atoms with Crippen LogP contribution in [0.15, 0.2) is 140 Å². The molecule has 1 nitrogen and oxygen atoms in total. The van der Waals surface area contributed by atoms with Crippen LogP contribution in [0.2, 0.25) is 0 Å². The number of aromatic nitrogens is 1. The van der Waals surface area contributed by atoms with Crippen LogP contribution in [0, 0.1) is 11.8 Å². The number of allylic oxidation sites excluding steroid dienone is 8. The standard InChI is InChI=1S/C38H31N/c1-3-13-26(14-4-1)37-30-18-7-9-20-32(30)38(33-21-10-8-19-31(33)37)27-23-24-36-34(25-27)29-17-11-12-22-35(29)39(36)28-15-5-2-6-16-28/h1,3-5,7-25,30,32,37-38H,2,6H2. The van der Waals surface area contributed by atoms with Gasteiger partial charge in [0.25, 0.3) is 0 Å². The monoisotopic (exact) mass is 501 g/mol. The maximum atomic E-state index is 2.49. The minimum atomic E-state index is 0.313. The Hall–Kier alpha value is -4.36. The van der Waals surface area contributed by atoms with Gasteiger partial charge in [0.1, 0.15) is 0 Å². The summed E-state index contributed by atoms with van der Waals surface area (Å²) in [7, 11) is 0. The van der Waals surface area contributed by atoms with Gasteiger partial charge in [-0.25, -0.2) is 0 Å². The Morgan fingerprint density at radius 3 is 1.97 bits per heavy atom. The molecular formula is C38H31N. The van der Waals surface area contributed by atoms with E-state index < -0.39 is 0 Å². The van der Waals surface area contributed by atoms with Crippen molar-refractivity contribution in [3.05, 3.63) is 162 Å². The van der Waals surface area contributed by atoms with Gasteiger partial charge in [-0.3, -0.25) is 0 Å². The lowest BCUT2D eigenvalue weighted by Crippen LogP contribution is -2.33. The minimum Gasteiger partial charge on any atom is -0.310 e. The van der Waals surface area contributed by atoms with E-state index in [2.05, 4.69) is 144 Å². The Bertz CT molecular complexity index is 1830. The topological polar surface area (TPSA) is 4.93 Å². The second kappa shape index (κ2) is 9.13. The molecule has 0 bridgehead atoms. The van der Waals surface area contributed by atoms with E-state index in [1.807, 2.05) is 0 Å². The smallest absolute Gasteiger partial charge is 0.0541 e. The first-order chi connectivity index (χ1) is 19.4. The van der Waals surface area contributed by atoms with Gasteiger partial charge >= 0.3 is 0 Å². The van der Waals surface area contributed by atoms with Gasteiger partial charge < -0.3 is 4.57 Å². The zero-order valence-corrected chi connectivity index (χ0v) is 21.9. The van der Waals surface area contributed by atoms with Gasteiger partial charge in [-0.1, -0.05) is 115 Å². The molecule has 1 heteroatoms. The van der Waals surface area contributed by atoms with E-state index in [0.29, 0.717) is 23.7 Å². The fourth-order valence-electron chi connectivity index (χ4n) is 7.49. The number of hydrogen-bond acceptors (Lipinski definition) is 0. The average molecular weight is 502 g/mol. The molecule has 1 heterocycles. The fraction of sp³-hybridized carbons (Fsp3) is 0.158. The van der Waals surface area contributed by atoms with Crippen LogP contribution >= 0.6 is 0 Å². The number of nitrogens with zero attached hydrogens (tertiary/aromatic N) is 1. The average Bonchev–Trinajstić information content (AvgIpc) is 3.34. The van der Waals surface area contributed by atoms with Gasteiger partial charge in [0, 0.05) is 28.3 Å². The van der Waals surface area contributed by atoms with Crippen molar-refractivity contribution in [2.75, 3.05) is 0 Å². The number of fused-ring (bicyclic) bond motifs is 5. The van der Waals surface area contributed by atoms with Crippen LogP contribution in [0.3, 0.4) is 0 Å². The van der Waals surface area contributed by atoms with Gasteiger partial charge in [0.15, 0.2) is 0 Å². The molecule has 0 N–H and O–H groups in total. The van der Waals surface area contributed by atoms with Crippen LogP contribution in [-0.4, -0.2) is 4.57 Å². The van der Waals surface area contributed by atoms with Crippen molar-refractivity contribution in [1.29, 1.82) is 0 Å². The maximum absolute atomic E-state index is 2.49. The molecule has 4 atom stereocenters. The molecule has 8 rings (SSSR count). The van der Waals surface area contributed by atoms with Gasteiger partial charge in [0.2, 0.25) is 0 Å². The van der Waals surface area contributed by atoms with Crippen LogP contribution < -0.4 is 0 Å². The van der Waals surface area contributed by atoms with Crippen molar-refractivity contribution in [1.82, 2.24) is 4.57 Å². The lowest BCUT2D eigenvalue weighted by atomic mass is 9.59. The SMILES string of the molecule is C1=CC2C(c3ccccc3)c3ccccc3C(c3ccc4c(c3)c3ccccc3n4C3=CCCC=C3)C2C=C1. The molecule has 0 spiro atoms. The Morgan fingerprint density at radius 1 is 0.564 bits per heavy atom. The van der Waals surface area contributed by atoms with Crippen molar-refractivity contribution in [2.24, 2.45) is 11.8 Å². The summed E-state index contributed by atoms with van der Waals surface area (Å²) in [5.74, 6) is 1.50. The summed E-state index contributed by atoms with van der Waals surface area (Å²) in [6.45, 7) is 0. The Balaban J connectivity index is 1.35. The normalized spacial score (nSPS) is 23.5. The van der Waals surface area contributed by atoms with E-state index >= 15 is 0 Å². The number of rotatable bonds is 3. The van der Waals surface area contributed by atoms with E-state index in [1.54, 1.807) is 0 Å². The summed E-state index contributed by atoms with van der Waals surface area (Å²) in [6.07, 6.45) is 18.6. The summed E-state index contributed by atoms with van der Waals surface area (Å²) in [6, 6.07) is 36.5. The van der Waals surface area contributed by atoms with Crippen molar-refractivity contribution in [3.63, 3.8) is 0 Å². The van der Waals surface area contributed by atoms with E-state index in [4.69, 9.17) is 0 Å². The van der Waals surface area contributed by atoms with Gasteiger partial charge in [-0.2, -0.15) is 0 Å². The zero-order valence-electron chi connectivity index (χ0n) is 21.9. The predicted molar refractivity (Wildman–Crippen MR) is 164 cm³/mol. The van der Waals surface area contributed by atoms with Crippen molar-refractivity contribution in [2.45, 2.75) is 24.7 Å². The fourth-order valence-corrected chi connectivity index (χ4v) is 7.49. The molecule has 1 aromatic heterocycles. The van der Waals surface area contributed by atoms with Crippen molar-refractivity contribution < 1.29 is 0 Å². The zero-order chi connectivity index (χ0) is 25.8. The summed E-state index contributed by atoms with van der Waals surface area (Å²) < 4.78 is 2.45. The van der Waals surface area contributed by atoms with Crippen LogP contribution in [0.4, 0.5) is 0 Å². The first-order valence-corrected chi connectivity index (χ1v) is 14.3. The van der Waals surface area contributed by atoms with Gasteiger partial charge in [-0.05, 0) is 71.2 Å². The molecule has 39 heavy (non-hydrogen) atoms. The highest BCUT2D eigenvalue weighted by Crippen LogP contribution is 2.54. The lowest BCUT2D eigenvalue weighted by molar-refractivity contribution is 0.361. The first-order valence-electron chi connectivity index (χ1n) is 14.3. The van der Waals surface area contributed by atoms with Crippen LogP contribution in [-0.2, 0) is 0 Å². The summed E-state index contributed by atoms with van der Waals surface area (Å²) in [5, 5.41) is 2.67. The number of para-hydroxylation sites is 1. The van der Waals surface area contributed by atoms with E-state index in [0.717, 1.165) is 12.8 Å². The van der Waals surface area contributed by atoms with E-state index in [9.17, 15) is 0 Å². The molecule has 3 aliphatic rings. The highest BCUT2D eigenvalue weighted by molar-refractivity contribution is 6.10. The molecule has 4 unspecified atom stereocenters. The Morgan fingerprint density at radius 2 is 1.23 bits per heavy atom. The summed E-state index contributed by atoms with van der Waals surface area (Å²) in [4.78, 5) is 0. The van der Waals surface area contributed by atoms with Crippen LogP contribution in [0.5, 0.6) is 0 Å². The molecule has 0 radical (unpaired) electrons. The largest absolute Gasteiger partial charge is 0.310 e. The number of hydrogen-bond donors (Lipinski definition) is 0. The third-order valence-corrected chi connectivity index (χ3v) is 9.11. The van der Waals surface area contributed by atoms with Crippen LogP contribution in [0.25, 0.3) is 27.5 Å². The van der Waals surface area contributed by atoms with Gasteiger partial charge in [-0.15, -0.1) is 0 Å². The highest BCUT2D eigenvalue weighted by Gasteiger charge is 2.42. The Labute approximate surface area is 230 Å². The summed E-state index contributed by atoms with van der Waals surface area (Å²) in [5.41, 5.74) is 9.62. The highest BCUT2D eigenvalue weighted by atomic mass is 15.0. The Kier molecular flexibility index (Phi) is 5.29. The number of benzene rings is 4. The minimum absolute atomic E-state index is 0.313. The van der Waals surface area contributed by atoms with E-state index in [1.165, 1.54) is 49.8 Å². The molecular weight excluding hydrogens is 470 g/mol. The third-order valence-electron chi connectivity index (χ3n) is 9.11. The van der Waals surface area contributed by atoms with Gasteiger partial charge in [0.05, 0.1) is 11.0 Å². The van der Waals surface area contributed by atoms with E-state index in [-0.39, 0.29) is 0 Å². The second-order valence-corrected chi connectivity index (χ2v) is 11.2. The second-order valence-electron chi connectivity index (χ2n) is 11.2. The molecule has 4 aromatic carbocycles. The molecule has 0 fully saturated rings.